The lowest BCUT2D eigenvalue weighted by molar-refractivity contribution is -0.384. The molecule has 130 valence electrons. The average molecular weight is 425 g/mol. The number of esters is 1. The molecule has 2 heterocycles. The highest BCUT2D eigenvalue weighted by Gasteiger charge is 2.25. The van der Waals surface area contributed by atoms with E-state index in [1.807, 2.05) is 0 Å². The number of benzene rings is 1. The van der Waals surface area contributed by atoms with Gasteiger partial charge in [0.25, 0.3) is 11.6 Å². The zero-order valence-corrected chi connectivity index (χ0v) is 15.3. The lowest BCUT2D eigenvalue weighted by atomic mass is 10.0. The van der Waals surface area contributed by atoms with Crippen LogP contribution in [-0.4, -0.2) is 30.0 Å². The quantitative estimate of drug-likeness (QED) is 0.425. The fraction of sp³-hybridized carbons (Fsp3) is 0.250. The highest BCUT2D eigenvalue weighted by Crippen LogP contribution is 2.30. The SMILES string of the molecule is O=C(OCC(=O)N1CCCc2cc([N+](=O)[O-])ccc21)c1ccc(Br)s1. The molecule has 1 aromatic heterocycles. The van der Waals surface area contributed by atoms with Crippen LogP contribution < -0.4 is 4.90 Å². The average Bonchev–Trinajstić information content (AvgIpc) is 3.04. The number of rotatable bonds is 4. The summed E-state index contributed by atoms with van der Waals surface area (Å²) in [6, 6.07) is 7.79. The minimum absolute atomic E-state index is 0.00255. The Morgan fingerprint density at radius 1 is 1.32 bits per heavy atom. The predicted molar refractivity (Wildman–Crippen MR) is 96.1 cm³/mol. The van der Waals surface area contributed by atoms with Gasteiger partial charge in [-0.3, -0.25) is 14.9 Å². The molecule has 9 heteroatoms. The first kappa shape index (κ1) is 17.6. The molecule has 0 fully saturated rings. The maximum absolute atomic E-state index is 12.4. The molecule has 0 saturated heterocycles. The van der Waals surface area contributed by atoms with Gasteiger partial charge < -0.3 is 9.64 Å². The van der Waals surface area contributed by atoms with Gasteiger partial charge in [0.05, 0.1) is 8.71 Å². The summed E-state index contributed by atoms with van der Waals surface area (Å²) in [4.78, 5) is 36.7. The number of aryl methyl sites for hydroxylation is 1. The van der Waals surface area contributed by atoms with Crippen LogP contribution in [0.4, 0.5) is 11.4 Å². The molecule has 1 aliphatic heterocycles. The Hall–Kier alpha value is -2.26. The molecule has 0 radical (unpaired) electrons. The van der Waals surface area contributed by atoms with E-state index in [2.05, 4.69) is 15.9 Å². The number of amides is 1. The lowest BCUT2D eigenvalue weighted by Gasteiger charge is -2.29. The Balaban J connectivity index is 1.69. The lowest BCUT2D eigenvalue weighted by Crippen LogP contribution is -2.38. The first-order valence-electron chi connectivity index (χ1n) is 7.46. The van der Waals surface area contributed by atoms with Gasteiger partial charge in [-0.05, 0) is 52.5 Å². The Bertz CT molecular complexity index is 851. The predicted octanol–water partition coefficient (Wildman–Crippen LogP) is 3.56. The smallest absolute Gasteiger partial charge is 0.348 e. The topological polar surface area (TPSA) is 89.8 Å². The normalized spacial score (nSPS) is 13.2. The first-order valence-corrected chi connectivity index (χ1v) is 9.07. The van der Waals surface area contributed by atoms with Crippen LogP contribution in [0.25, 0.3) is 0 Å². The minimum atomic E-state index is -0.551. The van der Waals surface area contributed by atoms with E-state index in [0.717, 1.165) is 9.35 Å². The number of ether oxygens (including phenoxy) is 1. The van der Waals surface area contributed by atoms with Crippen molar-refractivity contribution in [3.8, 4) is 0 Å². The monoisotopic (exact) mass is 424 g/mol. The first-order chi connectivity index (χ1) is 12.0. The highest BCUT2D eigenvalue weighted by molar-refractivity contribution is 9.11. The maximum Gasteiger partial charge on any atom is 0.348 e. The van der Waals surface area contributed by atoms with Crippen molar-refractivity contribution in [3.63, 3.8) is 0 Å². The van der Waals surface area contributed by atoms with Gasteiger partial charge >= 0.3 is 5.97 Å². The Morgan fingerprint density at radius 3 is 2.80 bits per heavy atom. The Labute approximate surface area is 155 Å². The number of fused-ring (bicyclic) bond motifs is 1. The van der Waals surface area contributed by atoms with Crippen LogP contribution in [-0.2, 0) is 16.0 Å². The van der Waals surface area contributed by atoms with Crippen molar-refractivity contribution in [1.82, 2.24) is 0 Å². The van der Waals surface area contributed by atoms with Crippen molar-refractivity contribution in [2.45, 2.75) is 12.8 Å². The van der Waals surface area contributed by atoms with E-state index in [-0.39, 0.29) is 18.2 Å². The molecule has 0 unspecified atom stereocenters. The van der Waals surface area contributed by atoms with Crippen molar-refractivity contribution in [2.24, 2.45) is 0 Å². The summed E-state index contributed by atoms with van der Waals surface area (Å²) in [5, 5.41) is 10.9. The number of hydrogen-bond acceptors (Lipinski definition) is 6. The van der Waals surface area contributed by atoms with Gasteiger partial charge in [0, 0.05) is 24.4 Å². The van der Waals surface area contributed by atoms with Gasteiger partial charge in [0.2, 0.25) is 0 Å². The summed E-state index contributed by atoms with van der Waals surface area (Å²) < 4.78 is 5.89. The number of nitro benzene ring substituents is 1. The van der Waals surface area contributed by atoms with E-state index < -0.39 is 10.9 Å². The van der Waals surface area contributed by atoms with Crippen molar-refractivity contribution in [3.05, 3.63) is 54.7 Å². The van der Waals surface area contributed by atoms with Gasteiger partial charge in [-0.2, -0.15) is 0 Å². The number of nitro groups is 1. The number of halogens is 1. The molecule has 0 bridgehead atoms. The van der Waals surface area contributed by atoms with Crippen LogP contribution >= 0.6 is 27.3 Å². The molecule has 0 saturated carbocycles. The molecule has 1 aromatic carbocycles. The Kier molecular flexibility index (Phi) is 5.14. The van der Waals surface area contributed by atoms with E-state index in [0.29, 0.717) is 30.0 Å². The van der Waals surface area contributed by atoms with Crippen molar-refractivity contribution in [2.75, 3.05) is 18.1 Å². The third kappa shape index (κ3) is 3.88. The standard InChI is InChI=1S/C16H13BrN2O5S/c17-14-6-5-13(25-14)16(21)24-9-15(20)18-7-1-2-10-8-11(19(22)23)3-4-12(10)18/h3-6,8H,1-2,7,9H2. The van der Waals surface area contributed by atoms with Crippen LogP contribution in [0.3, 0.4) is 0 Å². The summed E-state index contributed by atoms with van der Waals surface area (Å²) in [6.45, 7) is 0.122. The molecule has 0 atom stereocenters. The molecule has 7 nitrogen and oxygen atoms in total. The third-order valence-electron chi connectivity index (χ3n) is 3.79. The van der Waals surface area contributed by atoms with Crippen molar-refractivity contribution < 1.29 is 19.2 Å². The summed E-state index contributed by atoms with van der Waals surface area (Å²) in [7, 11) is 0. The number of nitrogens with zero attached hydrogens (tertiary/aromatic N) is 2. The molecule has 0 spiro atoms. The molecule has 2 aromatic rings. The molecule has 1 aliphatic rings. The van der Waals surface area contributed by atoms with Crippen LogP contribution in [0.5, 0.6) is 0 Å². The summed E-state index contributed by atoms with van der Waals surface area (Å²) in [5.41, 5.74) is 1.39. The summed E-state index contributed by atoms with van der Waals surface area (Å²) in [6.07, 6.45) is 1.37. The summed E-state index contributed by atoms with van der Waals surface area (Å²) >= 11 is 4.49. The largest absolute Gasteiger partial charge is 0.451 e. The molecule has 0 N–H and O–H groups in total. The third-order valence-corrected chi connectivity index (χ3v) is 5.40. The van der Waals surface area contributed by atoms with E-state index >= 15 is 0 Å². The summed E-state index contributed by atoms with van der Waals surface area (Å²) in [5.74, 6) is -0.899. The van der Waals surface area contributed by atoms with E-state index in [1.54, 1.807) is 18.2 Å². The van der Waals surface area contributed by atoms with Gasteiger partial charge in [-0.25, -0.2) is 4.79 Å². The van der Waals surface area contributed by atoms with Crippen LogP contribution in [0.1, 0.15) is 21.7 Å². The van der Waals surface area contributed by atoms with E-state index in [9.17, 15) is 19.7 Å². The Morgan fingerprint density at radius 2 is 2.12 bits per heavy atom. The molecule has 1 amide bonds. The second-order valence-corrected chi connectivity index (χ2v) is 7.86. The van der Waals surface area contributed by atoms with Crippen molar-refractivity contribution >= 4 is 50.5 Å². The number of anilines is 1. The number of carbonyl (C=O) groups is 2. The van der Waals surface area contributed by atoms with Gasteiger partial charge in [-0.1, -0.05) is 0 Å². The van der Waals surface area contributed by atoms with Gasteiger partial charge in [0.15, 0.2) is 6.61 Å². The molecular weight excluding hydrogens is 412 g/mol. The number of non-ortho nitro benzene ring substituents is 1. The fourth-order valence-corrected chi connectivity index (χ4v) is 3.94. The zero-order valence-electron chi connectivity index (χ0n) is 12.9. The van der Waals surface area contributed by atoms with Crippen LogP contribution in [0.2, 0.25) is 0 Å². The van der Waals surface area contributed by atoms with Crippen LogP contribution in [0, 0.1) is 10.1 Å². The maximum atomic E-state index is 12.4. The minimum Gasteiger partial charge on any atom is -0.451 e. The number of hydrogen-bond donors (Lipinski definition) is 0. The second-order valence-electron chi connectivity index (χ2n) is 5.40. The van der Waals surface area contributed by atoms with E-state index in [4.69, 9.17) is 4.74 Å². The highest BCUT2D eigenvalue weighted by atomic mass is 79.9. The number of thiophene rings is 1. The number of carbonyl (C=O) groups excluding carboxylic acids is 2. The molecular formula is C16H13BrN2O5S. The van der Waals surface area contributed by atoms with E-state index in [1.165, 1.54) is 28.4 Å². The zero-order chi connectivity index (χ0) is 18.0. The molecule has 3 rings (SSSR count). The molecule has 0 aliphatic carbocycles. The van der Waals surface area contributed by atoms with Gasteiger partial charge in [0.1, 0.15) is 4.88 Å². The fourth-order valence-electron chi connectivity index (χ4n) is 2.66. The van der Waals surface area contributed by atoms with Crippen LogP contribution in [0.15, 0.2) is 34.1 Å². The second kappa shape index (κ2) is 7.32. The van der Waals surface area contributed by atoms with Gasteiger partial charge in [-0.15, -0.1) is 11.3 Å². The molecule has 25 heavy (non-hydrogen) atoms. The van der Waals surface area contributed by atoms with Crippen molar-refractivity contribution in [1.29, 1.82) is 0 Å².